The first kappa shape index (κ1) is 21.5. The van der Waals surface area contributed by atoms with Crippen LogP contribution in [-0.2, 0) is 12.0 Å². The minimum atomic E-state index is -0.187. The standard InChI is InChI=1S/C26H25N3O3/c1-26(2,3)18-7-5-8-19(13-18)29-25(31)23-9-4-6-17-12-21(10-11-22(17)23)32-24-14-20(15-30)27-16-28-24/h4-14,16,30H,15H2,1-3H3,(H,29,31). The van der Waals surface area contributed by atoms with E-state index in [1.807, 2.05) is 48.5 Å². The second kappa shape index (κ2) is 8.77. The molecule has 32 heavy (non-hydrogen) atoms. The summed E-state index contributed by atoms with van der Waals surface area (Å²) in [4.78, 5) is 21.1. The van der Waals surface area contributed by atoms with Crippen molar-refractivity contribution in [2.75, 3.05) is 5.32 Å². The molecule has 0 aliphatic heterocycles. The van der Waals surface area contributed by atoms with Crippen molar-refractivity contribution in [3.05, 3.63) is 89.9 Å². The number of nitrogens with one attached hydrogen (secondary N) is 1. The van der Waals surface area contributed by atoms with Crippen molar-refractivity contribution in [1.82, 2.24) is 9.97 Å². The van der Waals surface area contributed by atoms with Crippen LogP contribution in [0.4, 0.5) is 5.69 Å². The summed E-state index contributed by atoms with van der Waals surface area (Å²) < 4.78 is 5.81. The molecule has 0 aliphatic rings. The van der Waals surface area contributed by atoms with Crippen molar-refractivity contribution in [2.45, 2.75) is 32.8 Å². The number of amides is 1. The van der Waals surface area contributed by atoms with Crippen molar-refractivity contribution >= 4 is 22.4 Å². The second-order valence-electron chi connectivity index (χ2n) is 8.58. The number of aliphatic hydroxyl groups excluding tert-OH is 1. The van der Waals surface area contributed by atoms with Gasteiger partial charge in [0.15, 0.2) is 0 Å². The van der Waals surface area contributed by atoms with E-state index in [1.54, 1.807) is 12.1 Å². The first-order valence-electron chi connectivity index (χ1n) is 10.4. The van der Waals surface area contributed by atoms with Gasteiger partial charge >= 0.3 is 0 Å². The normalized spacial score (nSPS) is 11.4. The third-order valence-electron chi connectivity index (χ3n) is 5.17. The van der Waals surface area contributed by atoms with E-state index >= 15 is 0 Å². The van der Waals surface area contributed by atoms with Gasteiger partial charge in [0, 0.05) is 17.3 Å². The predicted molar refractivity (Wildman–Crippen MR) is 125 cm³/mol. The van der Waals surface area contributed by atoms with E-state index in [9.17, 15) is 9.90 Å². The van der Waals surface area contributed by atoms with Gasteiger partial charge in [-0.3, -0.25) is 4.79 Å². The van der Waals surface area contributed by atoms with E-state index in [0.717, 1.165) is 22.0 Å². The second-order valence-corrected chi connectivity index (χ2v) is 8.58. The Kier molecular flexibility index (Phi) is 5.88. The molecule has 0 saturated carbocycles. The lowest BCUT2D eigenvalue weighted by molar-refractivity contribution is 0.102. The number of hydrogen-bond donors (Lipinski definition) is 2. The van der Waals surface area contributed by atoms with Gasteiger partial charge in [-0.05, 0) is 58.1 Å². The maximum Gasteiger partial charge on any atom is 0.256 e. The molecule has 0 spiro atoms. The lowest BCUT2D eigenvalue weighted by Gasteiger charge is -2.20. The van der Waals surface area contributed by atoms with Crippen LogP contribution in [0, 0.1) is 0 Å². The Morgan fingerprint density at radius 3 is 2.59 bits per heavy atom. The SMILES string of the molecule is CC(C)(C)c1cccc(NC(=O)c2cccc3cc(Oc4cc(CO)ncn4)ccc23)c1. The van der Waals surface area contributed by atoms with E-state index in [4.69, 9.17) is 4.74 Å². The Labute approximate surface area is 186 Å². The van der Waals surface area contributed by atoms with Crippen LogP contribution in [0.2, 0.25) is 0 Å². The molecule has 6 heteroatoms. The third-order valence-corrected chi connectivity index (χ3v) is 5.17. The van der Waals surface area contributed by atoms with Crippen LogP contribution >= 0.6 is 0 Å². The van der Waals surface area contributed by atoms with Gasteiger partial charge in [0.05, 0.1) is 12.3 Å². The lowest BCUT2D eigenvalue weighted by atomic mass is 9.87. The van der Waals surface area contributed by atoms with Gasteiger partial charge in [0.1, 0.15) is 12.1 Å². The molecule has 1 amide bonds. The van der Waals surface area contributed by atoms with Crippen molar-refractivity contribution in [3.63, 3.8) is 0 Å². The van der Waals surface area contributed by atoms with Crippen molar-refractivity contribution in [2.24, 2.45) is 0 Å². The summed E-state index contributed by atoms with van der Waals surface area (Å²) in [5.74, 6) is 0.755. The van der Waals surface area contributed by atoms with Gasteiger partial charge in [-0.2, -0.15) is 0 Å². The zero-order valence-electron chi connectivity index (χ0n) is 18.3. The number of fused-ring (bicyclic) bond motifs is 1. The third kappa shape index (κ3) is 4.76. The molecule has 0 atom stereocenters. The fourth-order valence-corrected chi connectivity index (χ4v) is 3.43. The monoisotopic (exact) mass is 427 g/mol. The highest BCUT2D eigenvalue weighted by Crippen LogP contribution is 2.28. The highest BCUT2D eigenvalue weighted by atomic mass is 16.5. The fourth-order valence-electron chi connectivity index (χ4n) is 3.43. The summed E-state index contributed by atoms with van der Waals surface area (Å²) in [6, 6.07) is 20.6. The molecule has 0 saturated heterocycles. The van der Waals surface area contributed by atoms with Gasteiger partial charge in [-0.1, -0.05) is 45.0 Å². The predicted octanol–water partition coefficient (Wildman–Crippen LogP) is 5.46. The van der Waals surface area contributed by atoms with E-state index in [1.165, 1.54) is 6.33 Å². The molecule has 0 radical (unpaired) electrons. The largest absolute Gasteiger partial charge is 0.439 e. The summed E-state index contributed by atoms with van der Waals surface area (Å²) in [5.41, 5.74) is 2.98. The minimum Gasteiger partial charge on any atom is -0.439 e. The highest BCUT2D eigenvalue weighted by Gasteiger charge is 2.15. The highest BCUT2D eigenvalue weighted by molar-refractivity contribution is 6.13. The number of ether oxygens (including phenoxy) is 1. The summed E-state index contributed by atoms with van der Waals surface area (Å²) in [6.07, 6.45) is 1.35. The van der Waals surface area contributed by atoms with Crippen molar-refractivity contribution < 1.29 is 14.6 Å². The molecule has 0 fully saturated rings. The van der Waals surface area contributed by atoms with Crippen LogP contribution < -0.4 is 10.1 Å². The van der Waals surface area contributed by atoms with Crippen LogP contribution in [0.3, 0.4) is 0 Å². The number of aromatic nitrogens is 2. The first-order valence-corrected chi connectivity index (χ1v) is 10.4. The molecular formula is C26H25N3O3. The number of carbonyl (C=O) groups is 1. The molecular weight excluding hydrogens is 402 g/mol. The zero-order chi connectivity index (χ0) is 22.7. The Hall–Kier alpha value is -3.77. The topological polar surface area (TPSA) is 84.3 Å². The Bertz CT molecular complexity index is 1280. The number of aliphatic hydroxyl groups is 1. The molecule has 162 valence electrons. The average Bonchev–Trinajstić information content (AvgIpc) is 2.78. The molecule has 0 bridgehead atoms. The summed E-state index contributed by atoms with van der Waals surface area (Å²) in [5, 5.41) is 13.9. The van der Waals surface area contributed by atoms with Crippen LogP contribution in [0.15, 0.2) is 73.1 Å². The first-order chi connectivity index (χ1) is 15.3. The smallest absolute Gasteiger partial charge is 0.256 e. The van der Waals surface area contributed by atoms with E-state index in [0.29, 0.717) is 22.9 Å². The van der Waals surface area contributed by atoms with E-state index in [-0.39, 0.29) is 17.9 Å². The summed E-state index contributed by atoms with van der Waals surface area (Å²) in [7, 11) is 0. The summed E-state index contributed by atoms with van der Waals surface area (Å²) >= 11 is 0. The van der Waals surface area contributed by atoms with Crippen molar-refractivity contribution in [1.29, 1.82) is 0 Å². The summed E-state index contributed by atoms with van der Waals surface area (Å²) in [6.45, 7) is 6.24. The van der Waals surface area contributed by atoms with Crippen LogP contribution in [0.1, 0.15) is 42.4 Å². The number of hydrogen-bond acceptors (Lipinski definition) is 5. The number of rotatable bonds is 5. The van der Waals surface area contributed by atoms with E-state index < -0.39 is 0 Å². The van der Waals surface area contributed by atoms with Crippen LogP contribution in [-0.4, -0.2) is 21.0 Å². The Morgan fingerprint density at radius 2 is 1.81 bits per heavy atom. The molecule has 3 aromatic carbocycles. The van der Waals surface area contributed by atoms with E-state index in [2.05, 4.69) is 42.1 Å². The minimum absolute atomic E-state index is 0.00179. The Balaban J connectivity index is 1.59. The Morgan fingerprint density at radius 1 is 1.00 bits per heavy atom. The number of nitrogens with zero attached hydrogens (tertiary/aromatic N) is 2. The fraction of sp³-hybridized carbons (Fsp3) is 0.192. The molecule has 2 N–H and O–H groups in total. The maximum atomic E-state index is 13.1. The quantitative estimate of drug-likeness (QED) is 0.442. The molecule has 1 aromatic heterocycles. The zero-order valence-corrected chi connectivity index (χ0v) is 18.3. The number of carbonyl (C=O) groups excluding carboxylic acids is 1. The van der Waals surface area contributed by atoms with Gasteiger partial charge < -0.3 is 15.2 Å². The molecule has 4 aromatic rings. The maximum absolute atomic E-state index is 13.1. The van der Waals surface area contributed by atoms with Gasteiger partial charge in [0.25, 0.3) is 5.91 Å². The van der Waals surface area contributed by atoms with Gasteiger partial charge in [-0.15, -0.1) is 0 Å². The molecule has 6 nitrogen and oxygen atoms in total. The van der Waals surface area contributed by atoms with Crippen molar-refractivity contribution in [3.8, 4) is 11.6 Å². The average molecular weight is 428 g/mol. The molecule has 1 heterocycles. The molecule has 4 rings (SSSR count). The lowest BCUT2D eigenvalue weighted by Crippen LogP contribution is -2.15. The van der Waals surface area contributed by atoms with Gasteiger partial charge in [-0.25, -0.2) is 9.97 Å². The number of anilines is 1. The molecule has 0 unspecified atom stereocenters. The van der Waals surface area contributed by atoms with Crippen LogP contribution in [0.25, 0.3) is 10.8 Å². The number of benzene rings is 3. The van der Waals surface area contributed by atoms with Crippen LogP contribution in [0.5, 0.6) is 11.6 Å². The van der Waals surface area contributed by atoms with Gasteiger partial charge in [0.2, 0.25) is 5.88 Å². The molecule has 0 aliphatic carbocycles.